The van der Waals surface area contributed by atoms with Crippen molar-refractivity contribution >= 4 is 8.80 Å². The fourth-order valence-corrected chi connectivity index (χ4v) is 8.65. The summed E-state index contributed by atoms with van der Waals surface area (Å²) in [6, 6.07) is 0.918. The maximum Gasteiger partial charge on any atom is 0.500 e. The monoisotopic (exact) mass is 643 g/mol. The van der Waals surface area contributed by atoms with E-state index in [0.29, 0.717) is 0 Å². The molecule has 0 bridgehead atoms. The Kier molecular flexibility index (Phi) is 33.0. The van der Waals surface area contributed by atoms with Gasteiger partial charge in [-0.3, -0.25) is 0 Å². The highest BCUT2D eigenvalue weighted by Gasteiger charge is 2.38. The molecule has 0 N–H and O–H groups in total. The van der Waals surface area contributed by atoms with E-state index >= 15 is 0 Å². The van der Waals surface area contributed by atoms with Gasteiger partial charge in [-0.1, -0.05) is 168 Å². The molecule has 0 radical (unpaired) electrons. The Hall–Kier alpha value is 0.0569. The van der Waals surface area contributed by atoms with Crippen LogP contribution in [0.25, 0.3) is 0 Å². The van der Waals surface area contributed by atoms with E-state index in [0.717, 1.165) is 12.5 Å². The van der Waals surface area contributed by atoms with Crippen molar-refractivity contribution in [2.24, 2.45) is 0 Å². The molecule has 44 heavy (non-hydrogen) atoms. The van der Waals surface area contributed by atoms with Crippen molar-refractivity contribution in [1.29, 1.82) is 0 Å². The molecule has 0 fully saturated rings. The summed E-state index contributed by atoms with van der Waals surface area (Å²) in [5.74, 6) is 0. The number of quaternary nitrogens is 1. The van der Waals surface area contributed by atoms with Gasteiger partial charge in [0.05, 0.1) is 26.7 Å². The van der Waals surface area contributed by atoms with E-state index in [1.54, 1.807) is 21.3 Å². The summed E-state index contributed by atoms with van der Waals surface area (Å²) < 4.78 is 18.3. The zero-order chi connectivity index (χ0) is 32.5. The van der Waals surface area contributed by atoms with E-state index in [2.05, 4.69) is 20.9 Å². The lowest BCUT2D eigenvalue weighted by Gasteiger charge is -2.36. The van der Waals surface area contributed by atoms with Crippen molar-refractivity contribution in [3.8, 4) is 0 Å². The van der Waals surface area contributed by atoms with Crippen LogP contribution in [0, 0.1) is 0 Å². The third kappa shape index (κ3) is 27.2. The van der Waals surface area contributed by atoms with Crippen molar-refractivity contribution in [2.75, 3.05) is 48.0 Å². The Bertz CT molecular complexity index is 517. The first kappa shape index (κ1) is 44.1. The molecule has 0 amide bonds. The smallest absolute Gasteiger partial charge is 0.377 e. The SMILES string of the molecule is CCCCCCCCCCCCCCCC[N+](C)(CCCCCCCCCCCCCCCC)CCC[Si](OC)(OC)OC. The van der Waals surface area contributed by atoms with Crippen molar-refractivity contribution < 1.29 is 17.8 Å². The highest BCUT2D eigenvalue weighted by Crippen LogP contribution is 2.20. The van der Waals surface area contributed by atoms with E-state index < -0.39 is 8.80 Å². The fraction of sp³-hybridized carbons (Fsp3) is 1.00. The minimum absolute atomic E-state index is 0.918. The van der Waals surface area contributed by atoms with Gasteiger partial charge >= 0.3 is 8.80 Å². The molecule has 0 aliphatic heterocycles. The van der Waals surface area contributed by atoms with Crippen LogP contribution >= 0.6 is 0 Å². The van der Waals surface area contributed by atoms with Crippen LogP contribution in [-0.4, -0.2) is 61.3 Å². The van der Waals surface area contributed by atoms with Crippen LogP contribution in [0.1, 0.15) is 200 Å². The van der Waals surface area contributed by atoms with Crippen molar-refractivity contribution in [3.05, 3.63) is 0 Å². The average molecular weight is 643 g/mol. The second kappa shape index (κ2) is 33.0. The second-order valence-corrected chi connectivity index (χ2v) is 17.5. The van der Waals surface area contributed by atoms with E-state index in [9.17, 15) is 0 Å². The standard InChI is InChI=1S/C39H84NO3Si/c1-7-9-11-13-15-17-19-21-23-25-27-29-31-33-36-40(3,38-35-39-44(41-4,42-5)43-6)37-34-32-30-28-26-24-22-20-18-16-14-12-10-8-2/h7-39H2,1-6H3/q+1. The summed E-state index contributed by atoms with van der Waals surface area (Å²) in [7, 11) is 5.28. The maximum absolute atomic E-state index is 5.71. The quantitative estimate of drug-likeness (QED) is 0.0383. The van der Waals surface area contributed by atoms with Crippen LogP contribution in [0.2, 0.25) is 6.04 Å². The molecule has 0 aromatic carbocycles. The van der Waals surface area contributed by atoms with Gasteiger partial charge in [-0.15, -0.1) is 0 Å². The van der Waals surface area contributed by atoms with Gasteiger partial charge in [-0.25, -0.2) is 0 Å². The summed E-state index contributed by atoms with van der Waals surface area (Å²) >= 11 is 0. The van der Waals surface area contributed by atoms with Crippen LogP contribution in [0.3, 0.4) is 0 Å². The predicted molar refractivity (Wildman–Crippen MR) is 198 cm³/mol. The van der Waals surface area contributed by atoms with Crippen LogP contribution in [0.15, 0.2) is 0 Å². The van der Waals surface area contributed by atoms with E-state index in [-0.39, 0.29) is 0 Å². The molecule has 0 aromatic heterocycles. The first-order valence-electron chi connectivity index (χ1n) is 20.0. The highest BCUT2D eigenvalue weighted by atomic mass is 28.4. The Balaban J connectivity index is 4.16. The largest absolute Gasteiger partial charge is 0.500 e. The second-order valence-electron chi connectivity index (χ2n) is 14.4. The first-order chi connectivity index (χ1) is 21.5. The molecule has 0 aliphatic carbocycles. The average Bonchev–Trinajstić information content (AvgIpc) is 3.04. The molecule has 266 valence electrons. The summed E-state index contributed by atoms with van der Waals surface area (Å²) in [6.45, 7) is 8.45. The normalized spacial score (nSPS) is 12.4. The zero-order valence-electron chi connectivity index (χ0n) is 31.5. The molecule has 0 heterocycles. The van der Waals surface area contributed by atoms with Gasteiger partial charge in [0, 0.05) is 33.8 Å². The van der Waals surface area contributed by atoms with Crippen LogP contribution < -0.4 is 0 Å². The number of hydrogen-bond acceptors (Lipinski definition) is 3. The van der Waals surface area contributed by atoms with E-state index in [1.165, 1.54) is 204 Å². The minimum Gasteiger partial charge on any atom is -0.377 e. The van der Waals surface area contributed by atoms with Crippen LogP contribution in [0.5, 0.6) is 0 Å². The number of rotatable bonds is 37. The summed E-state index contributed by atoms with van der Waals surface area (Å²) in [5.41, 5.74) is 0. The van der Waals surface area contributed by atoms with Gasteiger partial charge in [0.25, 0.3) is 0 Å². The first-order valence-corrected chi connectivity index (χ1v) is 21.9. The lowest BCUT2D eigenvalue weighted by molar-refractivity contribution is -0.910. The van der Waals surface area contributed by atoms with Crippen molar-refractivity contribution in [3.63, 3.8) is 0 Å². The minimum atomic E-state index is -2.47. The molecular weight excluding hydrogens is 559 g/mol. The molecule has 0 aliphatic rings. The Morgan fingerprint density at radius 2 is 0.568 bits per heavy atom. The number of nitrogens with zero attached hydrogens (tertiary/aromatic N) is 1. The lowest BCUT2D eigenvalue weighted by atomic mass is 10.0. The Labute approximate surface area is 280 Å². The zero-order valence-corrected chi connectivity index (χ0v) is 32.5. The molecule has 0 rings (SSSR count). The van der Waals surface area contributed by atoms with E-state index in [1.807, 2.05) is 0 Å². The van der Waals surface area contributed by atoms with E-state index in [4.69, 9.17) is 13.3 Å². The molecule has 0 spiro atoms. The van der Waals surface area contributed by atoms with Gasteiger partial charge in [-0.05, 0) is 25.7 Å². The number of unbranched alkanes of at least 4 members (excludes halogenated alkanes) is 26. The summed E-state index contributed by atoms with van der Waals surface area (Å²) in [5, 5.41) is 0. The van der Waals surface area contributed by atoms with Gasteiger partial charge in [0.2, 0.25) is 0 Å². The summed E-state index contributed by atoms with van der Waals surface area (Å²) in [6.07, 6.45) is 41.2. The third-order valence-electron chi connectivity index (χ3n) is 10.2. The van der Waals surface area contributed by atoms with Crippen molar-refractivity contribution in [2.45, 2.75) is 206 Å². The van der Waals surface area contributed by atoms with Gasteiger partial charge in [0.15, 0.2) is 0 Å². The molecule has 0 atom stereocenters. The molecule has 0 saturated carbocycles. The van der Waals surface area contributed by atoms with Crippen LogP contribution in [0.4, 0.5) is 0 Å². The molecule has 0 aromatic rings. The Morgan fingerprint density at radius 1 is 0.341 bits per heavy atom. The molecule has 4 nitrogen and oxygen atoms in total. The molecule has 0 saturated heterocycles. The summed E-state index contributed by atoms with van der Waals surface area (Å²) in [4.78, 5) is 0. The topological polar surface area (TPSA) is 27.7 Å². The van der Waals surface area contributed by atoms with Gasteiger partial charge in [0.1, 0.15) is 0 Å². The molecule has 0 unspecified atom stereocenters. The molecular formula is C39H84NO3Si+. The van der Waals surface area contributed by atoms with Gasteiger partial charge in [-0.2, -0.15) is 0 Å². The van der Waals surface area contributed by atoms with Crippen LogP contribution in [-0.2, 0) is 13.3 Å². The Morgan fingerprint density at radius 3 is 0.818 bits per heavy atom. The maximum atomic E-state index is 5.71. The molecule has 5 heteroatoms. The predicted octanol–water partition coefficient (Wildman–Crippen LogP) is 12.7. The van der Waals surface area contributed by atoms with Gasteiger partial charge < -0.3 is 17.8 Å². The lowest BCUT2D eigenvalue weighted by Crippen LogP contribution is -2.48. The fourth-order valence-electron chi connectivity index (χ4n) is 6.95. The number of hydrogen-bond donors (Lipinski definition) is 0. The van der Waals surface area contributed by atoms with Crippen molar-refractivity contribution in [1.82, 2.24) is 0 Å². The highest BCUT2D eigenvalue weighted by molar-refractivity contribution is 6.60. The third-order valence-corrected chi connectivity index (χ3v) is 13.0.